The molecule has 6 heteroatoms. The van der Waals surface area contributed by atoms with E-state index in [0.29, 0.717) is 23.0 Å². The highest BCUT2D eigenvalue weighted by Gasteiger charge is 2.28. The average molecular weight is 338 g/mol. The molecule has 1 aromatic carbocycles. The van der Waals surface area contributed by atoms with E-state index < -0.39 is 6.10 Å². The van der Waals surface area contributed by atoms with Crippen LogP contribution < -0.4 is 0 Å². The van der Waals surface area contributed by atoms with Crippen molar-refractivity contribution in [1.82, 2.24) is 14.5 Å². The minimum atomic E-state index is -0.547. The Balaban J connectivity index is 1.59. The highest BCUT2D eigenvalue weighted by molar-refractivity contribution is 6.31. The van der Waals surface area contributed by atoms with Crippen LogP contribution in [0.15, 0.2) is 30.6 Å². The van der Waals surface area contributed by atoms with Crippen LogP contribution in [0.4, 0.5) is 4.39 Å². The van der Waals surface area contributed by atoms with Crippen LogP contribution in [0.5, 0.6) is 0 Å². The molecule has 23 heavy (non-hydrogen) atoms. The minimum absolute atomic E-state index is 0.184. The molecule has 0 saturated carbocycles. The summed E-state index contributed by atoms with van der Waals surface area (Å²) in [5, 5.41) is 11.0. The van der Waals surface area contributed by atoms with Crippen LogP contribution in [0.2, 0.25) is 5.02 Å². The van der Waals surface area contributed by atoms with Crippen molar-refractivity contribution < 1.29 is 9.50 Å². The van der Waals surface area contributed by atoms with Crippen molar-refractivity contribution in [2.24, 2.45) is 13.0 Å². The average Bonchev–Trinajstić information content (AvgIpc) is 2.97. The SMILES string of the molecule is Cn1ccnc1C(O)C1CCN(Cc2c(F)cccc2Cl)CC1. The van der Waals surface area contributed by atoms with E-state index in [1.54, 1.807) is 18.3 Å². The second-order valence-electron chi connectivity index (χ2n) is 6.15. The first-order chi connectivity index (χ1) is 11.1. The van der Waals surface area contributed by atoms with Gasteiger partial charge in [-0.1, -0.05) is 17.7 Å². The Labute approximate surface area is 140 Å². The summed E-state index contributed by atoms with van der Waals surface area (Å²) in [4.78, 5) is 6.42. The Hall–Kier alpha value is -1.43. The number of piperidine rings is 1. The number of imidazole rings is 1. The van der Waals surface area contributed by atoms with Crippen LogP contribution in [0.1, 0.15) is 30.3 Å². The molecule has 0 spiro atoms. The number of aliphatic hydroxyl groups excluding tert-OH is 1. The first-order valence-electron chi connectivity index (χ1n) is 7.87. The first-order valence-corrected chi connectivity index (χ1v) is 8.24. The molecule has 0 bridgehead atoms. The first kappa shape index (κ1) is 16.4. The largest absolute Gasteiger partial charge is 0.385 e. The van der Waals surface area contributed by atoms with Gasteiger partial charge in [-0.25, -0.2) is 9.37 Å². The third kappa shape index (κ3) is 3.57. The molecule has 1 N–H and O–H groups in total. The van der Waals surface area contributed by atoms with Gasteiger partial charge in [-0.3, -0.25) is 4.90 Å². The lowest BCUT2D eigenvalue weighted by Crippen LogP contribution is -2.36. The molecule has 1 atom stereocenters. The van der Waals surface area contributed by atoms with E-state index in [1.807, 2.05) is 17.8 Å². The molecular formula is C17H21ClFN3O. The molecule has 124 valence electrons. The topological polar surface area (TPSA) is 41.3 Å². The lowest BCUT2D eigenvalue weighted by atomic mass is 9.90. The summed E-state index contributed by atoms with van der Waals surface area (Å²) in [6, 6.07) is 4.78. The number of rotatable bonds is 4. The van der Waals surface area contributed by atoms with Crippen LogP contribution in [-0.4, -0.2) is 32.6 Å². The standard InChI is InChI=1S/C17H21ClFN3O/c1-21-10-7-20-17(21)16(23)12-5-8-22(9-6-12)11-13-14(18)3-2-4-15(13)19/h2-4,7,10,12,16,23H,5-6,8-9,11H2,1H3. The second-order valence-corrected chi connectivity index (χ2v) is 6.56. The second kappa shape index (κ2) is 6.99. The quantitative estimate of drug-likeness (QED) is 0.931. The van der Waals surface area contributed by atoms with Gasteiger partial charge < -0.3 is 9.67 Å². The van der Waals surface area contributed by atoms with Crippen molar-refractivity contribution in [2.45, 2.75) is 25.5 Å². The van der Waals surface area contributed by atoms with E-state index in [9.17, 15) is 9.50 Å². The lowest BCUT2D eigenvalue weighted by Gasteiger charge is -2.34. The summed E-state index contributed by atoms with van der Waals surface area (Å²) >= 11 is 6.10. The molecule has 0 aliphatic carbocycles. The van der Waals surface area contributed by atoms with Gasteiger partial charge in [0.15, 0.2) is 0 Å². The zero-order valence-corrected chi connectivity index (χ0v) is 13.9. The van der Waals surface area contributed by atoms with Gasteiger partial charge in [0.05, 0.1) is 0 Å². The van der Waals surface area contributed by atoms with Gasteiger partial charge in [0, 0.05) is 36.6 Å². The predicted molar refractivity (Wildman–Crippen MR) is 87.6 cm³/mol. The molecule has 1 aromatic heterocycles. The van der Waals surface area contributed by atoms with Crippen LogP contribution in [0.25, 0.3) is 0 Å². The molecule has 1 aliphatic rings. The third-order valence-corrected chi connectivity index (χ3v) is 5.00. The molecule has 0 radical (unpaired) electrons. The summed E-state index contributed by atoms with van der Waals surface area (Å²) in [5.41, 5.74) is 0.553. The van der Waals surface area contributed by atoms with Crippen molar-refractivity contribution in [1.29, 1.82) is 0 Å². The Morgan fingerprint density at radius 3 is 2.74 bits per heavy atom. The zero-order chi connectivity index (χ0) is 16.4. The Morgan fingerprint density at radius 1 is 1.39 bits per heavy atom. The molecular weight excluding hydrogens is 317 g/mol. The number of benzene rings is 1. The number of aliphatic hydroxyl groups is 1. The minimum Gasteiger partial charge on any atom is -0.385 e. The maximum Gasteiger partial charge on any atom is 0.137 e. The summed E-state index contributed by atoms with van der Waals surface area (Å²) in [6.45, 7) is 2.14. The molecule has 2 aromatic rings. The highest BCUT2D eigenvalue weighted by Crippen LogP contribution is 2.31. The Bertz CT molecular complexity index is 647. The third-order valence-electron chi connectivity index (χ3n) is 4.65. The van der Waals surface area contributed by atoms with Crippen molar-refractivity contribution in [3.05, 3.63) is 52.8 Å². The Morgan fingerprint density at radius 2 is 2.13 bits per heavy atom. The van der Waals surface area contributed by atoms with E-state index >= 15 is 0 Å². The molecule has 1 aliphatic heterocycles. The van der Waals surface area contributed by atoms with Gasteiger partial charge >= 0.3 is 0 Å². The summed E-state index contributed by atoms with van der Waals surface area (Å²) in [5.74, 6) is 0.636. The number of halogens is 2. The van der Waals surface area contributed by atoms with Gasteiger partial charge in [0.2, 0.25) is 0 Å². The monoisotopic (exact) mass is 337 g/mol. The normalized spacial score (nSPS) is 18.3. The molecule has 2 heterocycles. The predicted octanol–water partition coefficient (Wildman–Crippen LogP) is 3.16. The van der Waals surface area contributed by atoms with E-state index in [2.05, 4.69) is 9.88 Å². The fourth-order valence-corrected chi connectivity index (χ4v) is 3.43. The number of likely N-dealkylation sites (tertiary alicyclic amines) is 1. The fourth-order valence-electron chi connectivity index (χ4n) is 3.21. The maximum atomic E-state index is 13.9. The van der Waals surface area contributed by atoms with Gasteiger partial charge in [-0.05, 0) is 44.0 Å². The molecule has 1 unspecified atom stereocenters. The Kier molecular flexibility index (Phi) is 4.99. The lowest BCUT2D eigenvalue weighted by molar-refractivity contribution is 0.0489. The van der Waals surface area contributed by atoms with Crippen LogP contribution in [0.3, 0.4) is 0 Å². The van der Waals surface area contributed by atoms with Gasteiger partial charge in [-0.15, -0.1) is 0 Å². The van der Waals surface area contributed by atoms with Crippen LogP contribution in [0, 0.1) is 11.7 Å². The van der Waals surface area contributed by atoms with Crippen molar-refractivity contribution in [3.8, 4) is 0 Å². The summed E-state index contributed by atoms with van der Waals surface area (Å²) < 4.78 is 15.7. The van der Waals surface area contributed by atoms with E-state index in [1.165, 1.54) is 6.07 Å². The molecule has 3 rings (SSSR count). The van der Waals surface area contributed by atoms with Crippen LogP contribution >= 0.6 is 11.6 Å². The zero-order valence-electron chi connectivity index (χ0n) is 13.1. The van der Waals surface area contributed by atoms with E-state index in [-0.39, 0.29) is 11.7 Å². The number of hydrogen-bond donors (Lipinski definition) is 1. The highest BCUT2D eigenvalue weighted by atomic mass is 35.5. The van der Waals surface area contributed by atoms with E-state index in [4.69, 9.17) is 11.6 Å². The summed E-state index contributed by atoms with van der Waals surface area (Å²) in [7, 11) is 1.89. The molecule has 0 amide bonds. The fraction of sp³-hybridized carbons (Fsp3) is 0.471. The smallest absolute Gasteiger partial charge is 0.137 e. The maximum absolute atomic E-state index is 13.9. The van der Waals surface area contributed by atoms with Crippen LogP contribution in [-0.2, 0) is 13.6 Å². The molecule has 1 saturated heterocycles. The van der Waals surface area contributed by atoms with Gasteiger partial charge in [0.25, 0.3) is 0 Å². The van der Waals surface area contributed by atoms with Crippen molar-refractivity contribution in [3.63, 3.8) is 0 Å². The van der Waals surface area contributed by atoms with Gasteiger partial charge in [-0.2, -0.15) is 0 Å². The number of aryl methyl sites for hydroxylation is 1. The van der Waals surface area contributed by atoms with E-state index in [0.717, 1.165) is 25.9 Å². The molecule has 4 nitrogen and oxygen atoms in total. The number of nitrogens with zero attached hydrogens (tertiary/aromatic N) is 3. The number of hydrogen-bond acceptors (Lipinski definition) is 3. The summed E-state index contributed by atoms with van der Waals surface area (Å²) in [6.07, 6.45) is 4.72. The molecule has 1 fully saturated rings. The van der Waals surface area contributed by atoms with Gasteiger partial charge in [0.1, 0.15) is 17.7 Å². The van der Waals surface area contributed by atoms with Crippen molar-refractivity contribution in [2.75, 3.05) is 13.1 Å². The van der Waals surface area contributed by atoms with Crippen molar-refractivity contribution >= 4 is 11.6 Å². The number of aromatic nitrogens is 2.